The number of amidine groups is 1. The number of aromatic nitrogens is 4. The molecule has 0 saturated carbocycles. The van der Waals surface area contributed by atoms with Crippen molar-refractivity contribution in [3.63, 3.8) is 0 Å². The summed E-state index contributed by atoms with van der Waals surface area (Å²) in [6, 6.07) is 5.33. The highest BCUT2D eigenvalue weighted by atomic mass is 16.5. The number of carbonyl (C=O) groups excluding carboxylic acids is 1. The molecule has 0 aliphatic carbocycles. The van der Waals surface area contributed by atoms with Gasteiger partial charge in [-0.1, -0.05) is 26.8 Å². The molecule has 0 spiro atoms. The third-order valence-corrected chi connectivity index (χ3v) is 8.09. The molecule has 13 nitrogen and oxygen atoms in total. The van der Waals surface area contributed by atoms with E-state index < -0.39 is 5.91 Å². The molecule has 0 radical (unpaired) electrons. The van der Waals surface area contributed by atoms with Crippen molar-refractivity contribution in [2.75, 3.05) is 82.9 Å². The number of fused-ring (bicyclic) bond motifs is 1. The Bertz CT molecular complexity index is 1540. The molecule has 3 N–H and O–H groups in total. The van der Waals surface area contributed by atoms with Crippen LogP contribution in [0.2, 0.25) is 0 Å². The molecular formula is C32H44N10O3. The predicted molar refractivity (Wildman–Crippen MR) is 175 cm³/mol. The molecule has 45 heavy (non-hydrogen) atoms. The number of anilines is 3. The molecule has 2 fully saturated rings. The van der Waals surface area contributed by atoms with Crippen LogP contribution in [0.1, 0.15) is 36.7 Å². The number of hydrogen-bond acceptors (Lipinski definition) is 12. The maximum absolute atomic E-state index is 13.1. The SMILES string of the molecule is CO/C(=C\C(=N)NC(=O)c1ccc(C)c(Nc2ncnc3cnc(N4CCN(CCN5CCOCC5)CC4)nc23)c1)C(C)(C)C. The number of nitrogens with one attached hydrogen (secondary N) is 3. The van der Waals surface area contributed by atoms with Crippen LogP contribution in [0.4, 0.5) is 17.5 Å². The lowest BCUT2D eigenvalue weighted by molar-refractivity contribution is 0.0331. The van der Waals surface area contributed by atoms with E-state index in [9.17, 15) is 4.79 Å². The molecule has 2 saturated heterocycles. The van der Waals surface area contributed by atoms with Crippen molar-refractivity contribution in [1.29, 1.82) is 5.41 Å². The molecule has 2 aromatic heterocycles. The summed E-state index contributed by atoms with van der Waals surface area (Å²) in [6.07, 6.45) is 4.74. The highest BCUT2D eigenvalue weighted by Gasteiger charge is 2.22. The number of morpholine rings is 1. The number of aryl methyl sites for hydroxylation is 1. The van der Waals surface area contributed by atoms with Crippen molar-refractivity contribution >= 4 is 40.2 Å². The quantitative estimate of drug-likeness (QED) is 0.185. The number of allylic oxidation sites excluding steroid dienone is 1. The fourth-order valence-corrected chi connectivity index (χ4v) is 5.34. The van der Waals surface area contributed by atoms with E-state index in [4.69, 9.17) is 19.9 Å². The van der Waals surface area contributed by atoms with Crippen LogP contribution in [0.5, 0.6) is 0 Å². The van der Waals surface area contributed by atoms with Gasteiger partial charge in [0, 0.05) is 75.1 Å². The number of carbonyl (C=O) groups is 1. The van der Waals surface area contributed by atoms with Gasteiger partial charge in [-0.25, -0.2) is 19.9 Å². The first-order chi connectivity index (χ1) is 21.6. The van der Waals surface area contributed by atoms with Crippen LogP contribution < -0.4 is 15.5 Å². The molecule has 0 unspecified atom stereocenters. The van der Waals surface area contributed by atoms with E-state index >= 15 is 0 Å². The number of rotatable bonds is 9. The van der Waals surface area contributed by atoms with Crippen molar-refractivity contribution in [2.24, 2.45) is 5.41 Å². The van der Waals surface area contributed by atoms with Crippen molar-refractivity contribution in [1.82, 2.24) is 35.1 Å². The fourth-order valence-electron chi connectivity index (χ4n) is 5.34. The molecule has 1 aromatic carbocycles. The molecule has 0 bridgehead atoms. The number of benzene rings is 1. The Kier molecular flexibility index (Phi) is 10.2. The van der Waals surface area contributed by atoms with Crippen LogP contribution in [0, 0.1) is 17.7 Å². The first-order valence-electron chi connectivity index (χ1n) is 15.4. The summed E-state index contributed by atoms with van der Waals surface area (Å²) >= 11 is 0. The second-order valence-corrected chi connectivity index (χ2v) is 12.4. The summed E-state index contributed by atoms with van der Waals surface area (Å²) in [4.78, 5) is 38.6. The number of amides is 1. The summed E-state index contributed by atoms with van der Waals surface area (Å²) < 4.78 is 10.9. The molecule has 4 heterocycles. The van der Waals surface area contributed by atoms with E-state index in [1.807, 2.05) is 33.8 Å². The average molecular weight is 617 g/mol. The Morgan fingerprint density at radius 3 is 2.44 bits per heavy atom. The zero-order valence-electron chi connectivity index (χ0n) is 26.9. The minimum absolute atomic E-state index is 0.0502. The van der Waals surface area contributed by atoms with Crippen LogP contribution in [0.15, 0.2) is 42.6 Å². The van der Waals surface area contributed by atoms with Crippen molar-refractivity contribution in [3.05, 3.63) is 53.7 Å². The lowest BCUT2D eigenvalue weighted by atomic mass is 9.93. The van der Waals surface area contributed by atoms with Crippen molar-refractivity contribution in [2.45, 2.75) is 27.7 Å². The summed E-state index contributed by atoms with van der Waals surface area (Å²) in [7, 11) is 1.56. The van der Waals surface area contributed by atoms with Gasteiger partial charge >= 0.3 is 0 Å². The Hall–Kier alpha value is -4.20. The van der Waals surface area contributed by atoms with Gasteiger partial charge < -0.3 is 25.0 Å². The molecule has 0 atom stereocenters. The van der Waals surface area contributed by atoms with Gasteiger partial charge in [-0.2, -0.15) is 0 Å². The van der Waals surface area contributed by atoms with Gasteiger partial charge in [0.1, 0.15) is 29.0 Å². The minimum Gasteiger partial charge on any atom is -0.500 e. The Labute approximate surface area is 264 Å². The van der Waals surface area contributed by atoms with E-state index in [0.29, 0.717) is 39.8 Å². The van der Waals surface area contributed by atoms with Gasteiger partial charge in [0.15, 0.2) is 5.82 Å². The van der Waals surface area contributed by atoms with E-state index in [1.165, 1.54) is 12.4 Å². The molecule has 5 rings (SSSR count). The van der Waals surface area contributed by atoms with Gasteiger partial charge in [-0.15, -0.1) is 0 Å². The molecular weight excluding hydrogens is 572 g/mol. The number of hydrogen-bond donors (Lipinski definition) is 3. The fraction of sp³-hybridized carbons (Fsp3) is 0.500. The van der Waals surface area contributed by atoms with Gasteiger partial charge in [-0.3, -0.25) is 20.0 Å². The van der Waals surface area contributed by atoms with Crippen LogP contribution >= 0.6 is 0 Å². The average Bonchev–Trinajstić information content (AvgIpc) is 3.03. The number of nitrogens with zero attached hydrogens (tertiary/aromatic N) is 7. The number of piperazine rings is 1. The first-order valence-corrected chi connectivity index (χ1v) is 15.4. The van der Waals surface area contributed by atoms with E-state index in [-0.39, 0.29) is 11.3 Å². The second-order valence-electron chi connectivity index (χ2n) is 12.4. The van der Waals surface area contributed by atoms with Crippen molar-refractivity contribution < 1.29 is 14.3 Å². The Balaban J connectivity index is 1.26. The zero-order chi connectivity index (χ0) is 32.0. The van der Waals surface area contributed by atoms with Gasteiger partial charge in [0.25, 0.3) is 5.91 Å². The normalized spacial score (nSPS) is 16.9. The van der Waals surface area contributed by atoms with Gasteiger partial charge in [-0.05, 0) is 24.6 Å². The topological polar surface area (TPSA) is 145 Å². The molecule has 3 aromatic rings. The lowest BCUT2D eigenvalue weighted by Crippen LogP contribution is -2.49. The predicted octanol–water partition coefficient (Wildman–Crippen LogP) is 3.21. The van der Waals surface area contributed by atoms with E-state index in [2.05, 4.69) is 40.3 Å². The first kappa shape index (κ1) is 32.2. The Morgan fingerprint density at radius 1 is 1.04 bits per heavy atom. The largest absolute Gasteiger partial charge is 0.500 e. The smallest absolute Gasteiger partial charge is 0.256 e. The highest BCUT2D eigenvalue weighted by molar-refractivity contribution is 6.09. The number of ether oxygens (including phenoxy) is 2. The van der Waals surface area contributed by atoms with Gasteiger partial charge in [0.05, 0.1) is 26.5 Å². The van der Waals surface area contributed by atoms with Crippen LogP contribution in [0.3, 0.4) is 0 Å². The lowest BCUT2D eigenvalue weighted by Gasteiger charge is -2.36. The molecule has 1 amide bonds. The molecule has 2 aliphatic rings. The van der Waals surface area contributed by atoms with Crippen LogP contribution in [-0.4, -0.2) is 114 Å². The third-order valence-electron chi connectivity index (χ3n) is 8.09. The summed E-state index contributed by atoms with van der Waals surface area (Å²) in [5, 5.41) is 14.3. The van der Waals surface area contributed by atoms with Crippen LogP contribution in [-0.2, 0) is 9.47 Å². The van der Waals surface area contributed by atoms with E-state index in [1.54, 1.807) is 25.4 Å². The molecule has 240 valence electrons. The second kappa shape index (κ2) is 14.3. The molecule has 13 heteroatoms. The number of methoxy groups -OCH3 is 1. The molecule has 2 aliphatic heterocycles. The van der Waals surface area contributed by atoms with Crippen molar-refractivity contribution in [3.8, 4) is 0 Å². The summed E-state index contributed by atoms with van der Waals surface area (Å²) in [5.41, 5.74) is 2.95. The highest BCUT2D eigenvalue weighted by Crippen LogP contribution is 2.27. The minimum atomic E-state index is -0.398. The third kappa shape index (κ3) is 8.29. The zero-order valence-corrected chi connectivity index (χ0v) is 26.9. The maximum atomic E-state index is 13.1. The summed E-state index contributed by atoms with van der Waals surface area (Å²) in [5.74, 6) is 1.33. The summed E-state index contributed by atoms with van der Waals surface area (Å²) in [6.45, 7) is 17.3. The van der Waals surface area contributed by atoms with Gasteiger partial charge in [0.2, 0.25) is 5.95 Å². The van der Waals surface area contributed by atoms with Crippen LogP contribution in [0.25, 0.3) is 11.0 Å². The maximum Gasteiger partial charge on any atom is 0.256 e. The monoisotopic (exact) mass is 616 g/mol. The standard InChI is InChI=1S/C32H44N10O3/c1-22-6-7-23(30(43)38-27(33)19-26(44-5)32(2,3)4)18-24(22)37-29-28-25(35-21-36-29)20-34-31(39-28)42-12-10-40(11-13-42)8-9-41-14-16-45-17-15-41/h6-7,18-21H,8-17H2,1-5H3,(H2,33,38,43)(H,35,36,37)/b26-19-. The Morgan fingerprint density at radius 2 is 1.76 bits per heavy atom. The van der Waals surface area contributed by atoms with E-state index in [0.717, 1.165) is 71.1 Å².